The van der Waals surface area contributed by atoms with E-state index < -0.39 is 0 Å². The summed E-state index contributed by atoms with van der Waals surface area (Å²) >= 11 is 6.05. The molecule has 0 aliphatic carbocycles. The van der Waals surface area contributed by atoms with Gasteiger partial charge in [0.15, 0.2) is 0 Å². The molecule has 5 heteroatoms. The number of hydrogen-bond donors (Lipinski definition) is 1. The Morgan fingerprint density at radius 3 is 2.62 bits per heavy atom. The number of aromatic amines is 1. The van der Waals surface area contributed by atoms with Gasteiger partial charge in [-0.05, 0) is 29.8 Å². The van der Waals surface area contributed by atoms with Gasteiger partial charge in [-0.3, -0.25) is 9.69 Å². The van der Waals surface area contributed by atoms with Gasteiger partial charge < -0.3 is 9.88 Å². The van der Waals surface area contributed by atoms with Crippen LogP contribution in [0.5, 0.6) is 0 Å². The van der Waals surface area contributed by atoms with Gasteiger partial charge in [0.1, 0.15) is 0 Å². The van der Waals surface area contributed by atoms with E-state index >= 15 is 0 Å². The predicted octanol–water partition coefficient (Wildman–Crippen LogP) is 2.35. The van der Waals surface area contributed by atoms with E-state index in [1.165, 1.54) is 5.69 Å². The Hall–Kier alpha value is -1.78. The Labute approximate surface area is 129 Å². The van der Waals surface area contributed by atoms with E-state index in [1.807, 2.05) is 24.3 Å². The zero-order chi connectivity index (χ0) is 14.7. The molecule has 110 valence electrons. The minimum absolute atomic E-state index is 0.0370. The number of hydrogen-bond acceptors (Lipinski definition) is 3. The van der Waals surface area contributed by atoms with Gasteiger partial charge in [-0.25, -0.2) is 0 Å². The zero-order valence-corrected chi connectivity index (χ0v) is 12.5. The lowest BCUT2D eigenvalue weighted by Gasteiger charge is -2.36. The smallest absolute Gasteiger partial charge is 0.248 e. The fraction of sp³-hybridized carbons (Fsp3) is 0.312. The van der Waals surface area contributed by atoms with Crippen molar-refractivity contribution in [3.8, 4) is 0 Å². The third-order valence-electron chi connectivity index (χ3n) is 3.79. The van der Waals surface area contributed by atoms with Crippen molar-refractivity contribution in [3.63, 3.8) is 0 Å². The zero-order valence-electron chi connectivity index (χ0n) is 11.8. The van der Waals surface area contributed by atoms with Gasteiger partial charge in [0.05, 0.1) is 0 Å². The van der Waals surface area contributed by atoms with Crippen LogP contribution in [0.1, 0.15) is 5.56 Å². The molecule has 0 atom stereocenters. The molecule has 1 aromatic carbocycles. The van der Waals surface area contributed by atoms with Gasteiger partial charge in [-0.1, -0.05) is 17.7 Å². The summed E-state index contributed by atoms with van der Waals surface area (Å²) in [6.45, 7) is 4.75. The minimum atomic E-state index is -0.0370. The van der Waals surface area contributed by atoms with Crippen molar-refractivity contribution in [1.29, 1.82) is 0 Å². The Kier molecular flexibility index (Phi) is 4.27. The van der Waals surface area contributed by atoms with Crippen LogP contribution >= 0.6 is 11.6 Å². The third-order valence-corrected chi connectivity index (χ3v) is 4.03. The van der Waals surface area contributed by atoms with Crippen molar-refractivity contribution in [3.05, 3.63) is 63.5 Å². The lowest BCUT2D eigenvalue weighted by Crippen LogP contribution is -2.46. The fourth-order valence-electron chi connectivity index (χ4n) is 2.68. The first kappa shape index (κ1) is 14.2. The maximum Gasteiger partial charge on any atom is 0.248 e. The number of H-pyrrole nitrogens is 1. The second-order valence-electron chi connectivity index (χ2n) is 5.30. The van der Waals surface area contributed by atoms with E-state index in [-0.39, 0.29) is 5.56 Å². The Balaban J connectivity index is 1.59. The van der Waals surface area contributed by atoms with Crippen LogP contribution in [0.25, 0.3) is 0 Å². The largest absolute Gasteiger partial charge is 0.369 e. The molecule has 1 aliphatic heterocycles. The summed E-state index contributed by atoms with van der Waals surface area (Å²) in [7, 11) is 0. The van der Waals surface area contributed by atoms with Gasteiger partial charge in [0, 0.05) is 55.7 Å². The molecule has 0 saturated carbocycles. The van der Waals surface area contributed by atoms with Crippen molar-refractivity contribution < 1.29 is 0 Å². The molecule has 1 fully saturated rings. The molecule has 4 nitrogen and oxygen atoms in total. The number of anilines is 1. The highest BCUT2D eigenvalue weighted by molar-refractivity contribution is 6.30. The monoisotopic (exact) mass is 303 g/mol. The summed E-state index contributed by atoms with van der Waals surface area (Å²) in [4.78, 5) is 18.7. The summed E-state index contributed by atoms with van der Waals surface area (Å²) in [5, 5.41) is 0.776. The van der Waals surface area contributed by atoms with Crippen molar-refractivity contribution in [1.82, 2.24) is 9.88 Å². The molecule has 0 bridgehead atoms. The van der Waals surface area contributed by atoms with E-state index in [9.17, 15) is 4.79 Å². The lowest BCUT2D eigenvalue weighted by atomic mass is 10.2. The fourth-order valence-corrected chi connectivity index (χ4v) is 2.87. The van der Waals surface area contributed by atoms with Crippen LogP contribution in [0.3, 0.4) is 0 Å². The second kappa shape index (κ2) is 6.33. The van der Waals surface area contributed by atoms with Crippen molar-refractivity contribution in [2.24, 2.45) is 0 Å². The van der Waals surface area contributed by atoms with E-state index in [4.69, 9.17) is 11.6 Å². The van der Waals surface area contributed by atoms with E-state index in [2.05, 4.69) is 20.9 Å². The maximum absolute atomic E-state index is 11.3. The number of rotatable bonds is 3. The number of nitrogens with zero attached hydrogens (tertiary/aromatic N) is 2. The Morgan fingerprint density at radius 2 is 1.90 bits per heavy atom. The first-order valence-corrected chi connectivity index (χ1v) is 7.49. The summed E-state index contributed by atoms with van der Waals surface area (Å²) in [6, 6.07) is 11.6. The van der Waals surface area contributed by atoms with Crippen LogP contribution in [0.2, 0.25) is 5.02 Å². The molecule has 0 spiro atoms. The Bertz CT molecular complexity index is 662. The SMILES string of the molecule is O=c1cc(CN2CCN(c3cccc(Cl)c3)CC2)cc[nH]1. The number of halogens is 1. The summed E-state index contributed by atoms with van der Waals surface area (Å²) in [5.41, 5.74) is 2.21. The number of benzene rings is 1. The Morgan fingerprint density at radius 1 is 1.10 bits per heavy atom. The maximum atomic E-state index is 11.3. The molecule has 1 N–H and O–H groups in total. The molecule has 2 heterocycles. The van der Waals surface area contributed by atoms with Gasteiger partial charge >= 0.3 is 0 Å². The molecule has 1 aromatic heterocycles. The van der Waals surface area contributed by atoms with Gasteiger partial charge in [-0.15, -0.1) is 0 Å². The van der Waals surface area contributed by atoms with Crippen LogP contribution in [0, 0.1) is 0 Å². The number of piperazine rings is 1. The molecule has 0 unspecified atom stereocenters. The first-order chi connectivity index (χ1) is 10.2. The van der Waals surface area contributed by atoms with Crippen LogP contribution in [0.4, 0.5) is 5.69 Å². The molecule has 0 radical (unpaired) electrons. The highest BCUT2D eigenvalue weighted by Gasteiger charge is 2.17. The third kappa shape index (κ3) is 3.65. The van der Waals surface area contributed by atoms with E-state index in [0.29, 0.717) is 0 Å². The lowest BCUT2D eigenvalue weighted by molar-refractivity contribution is 0.250. The molecule has 3 rings (SSSR count). The average molecular weight is 304 g/mol. The molecule has 1 saturated heterocycles. The highest BCUT2D eigenvalue weighted by atomic mass is 35.5. The summed E-state index contributed by atoms with van der Waals surface area (Å²) in [6.07, 6.45) is 1.71. The van der Waals surface area contributed by atoms with Gasteiger partial charge in [-0.2, -0.15) is 0 Å². The van der Waals surface area contributed by atoms with Crippen molar-refractivity contribution in [2.45, 2.75) is 6.54 Å². The summed E-state index contributed by atoms with van der Waals surface area (Å²) < 4.78 is 0. The van der Waals surface area contributed by atoms with Crippen molar-refractivity contribution >= 4 is 17.3 Å². The minimum Gasteiger partial charge on any atom is -0.369 e. The molecule has 1 aliphatic rings. The van der Waals surface area contributed by atoms with Crippen LogP contribution in [0.15, 0.2) is 47.4 Å². The van der Waals surface area contributed by atoms with Crippen LogP contribution < -0.4 is 10.5 Å². The first-order valence-electron chi connectivity index (χ1n) is 7.11. The normalized spacial score (nSPS) is 16.1. The van der Waals surface area contributed by atoms with Crippen molar-refractivity contribution in [2.75, 3.05) is 31.1 Å². The number of pyridine rings is 1. The molecular weight excluding hydrogens is 286 g/mol. The standard InChI is InChI=1S/C16H18ClN3O/c17-14-2-1-3-15(11-14)20-8-6-19(7-9-20)12-13-4-5-18-16(21)10-13/h1-5,10-11H,6-9,12H2,(H,18,21). The van der Waals surface area contributed by atoms with Crippen LogP contribution in [-0.2, 0) is 6.54 Å². The summed E-state index contributed by atoms with van der Waals surface area (Å²) in [5.74, 6) is 0. The molecule has 0 amide bonds. The van der Waals surface area contributed by atoms with E-state index in [0.717, 1.165) is 43.3 Å². The molecular formula is C16H18ClN3O. The topological polar surface area (TPSA) is 39.3 Å². The number of nitrogens with one attached hydrogen (secondary N) is 1. The van der Waals surface area contributed by atoms with E-state index in [1.54, 1.807) is 12.3 Å². The second-order valence-corrected chi connectivity index (χ2v) is 5.74. The number of aromatic nitrogens is 1. The molecule has 2 aromatic rings. The van der Waals surface area contributed by atoms with Gasteiger partial charge in [0.25, 0.3) is 0 Å². The molecule has 21 heavy (non-hydrogen) atoms. The quantitative estimate of drug-likeness (QED) is 0.946. The van der Waals surface area contributed by atoms with Crippen LogP contribution in [-0.4, -0.2) is 36.1 Å². The average Bonchev–Trinajstić information content (AvgIpc) is 2.48. The highest BCUT2D eigenvalue weighted by Crippen LogP contribution is 2.21. The predicted molar refractivity (Wildman–Crippen MR) is 86.0 cm³/mol. The van der Waals surface area contributed by atoms with Gasteiger partial charge in [0.2, 0.25) is 5.56 Å².